The number of thiophene rings is 1. The molecule has 1 aromatic rings. The van der Waals surface area contributed by atoms with Crippen molar-refractivity contribution in [1.29, 1.82) is 0 Å². The second-order valence-corrected chi connectivity index (χ2v) is 6.68. The highest BCUT2D eigenvalue weighted by atomic mass is 79.9. The first-order valence-corrected chi connectivity index (χ1v) is 7.85. The SMILES string of the molecule is CCNCC(C(C)C)N(C)Cc1cc(Br)cs1. The van der Waals surface area contributed by atoms with E-state index in [1.807, 2.05) is 11.3 Å². The molecule has 0 amide bonds. The summed E-state index contributed by atoms with van der Waals surface area (Å²) in [5, 5.41) is 5.60. The summed E-state index contributed by atoms with van der Waals surface area (Å²) >= 11 is 5.33. The number of nitrogens with zero attached hydrogens (tertiary/aromatic N) is 1. The van der Waals surface area contributed by atoms with Gasteiger partial charge in [-0.2, -0.15) is 0 Å². The number of hydrogen-bond acceptors (Lipinski definition) is 3. The molecule has 1 rings (SSSR count). The molecule has 0 saturated carbocycles. The Labute approximate surface area is 118 Å². The minimum Gasteiger partial charge on any atom is -0.315 e. The van der Waals surface area contributed by atoms with E-state index in [9.17, 15) is 0 Å². The molecule has 0 aliphatic heterocycles. The van der Waals surface area contributed by atoms with Crippen molar-refractivity contribution in [2.45, 2.75) is 33.4 Å². The van der Waals surface area contributed by atoms with E-state index in [-0.39, 0.29) is 0 Å². The second-order valence-electron chi connectivity index (χ2n) is 4.77. The van der Waals surface area contributed by atoms with Gasteiger partial charge in [0.05, 0.1) is 0 Å². The predicted molar refractivity (Wildman–Crippen MR) is 80.7 cm³/mol. The third-order valence-corrected chi connectivity index (χ3v) is 4.65. The summed E-state index contributed by atoms with van der Waals surface area (Å²) in [7, 11) is 2.22. The zero-order chi connectivity index (χ0) is 12.8. The molecule has 1 heterocycles. The van der Waals surface area contributed by atoms with Crippen LogP contribution in [0.1, 0.15) is 25.6 Å². The second kappa shape index (κ2) is 7.52. The minimum absolute atomic E-state index is 0.593. The number of nitrogens with one attached hydrogen (secondary N) is 1. The molecule has 0 saturated heterocycles. The summed E-state index contributed by atoms with van der Waals surface area (Å²) in [6, 6.07) is 2.81. The first kappa shape index (κ1) is 15.2. The van der Waals surface area contributed by atoms with Crippen LogP contribution in [-0.4, -0.2) is 31.1 Å². The van der Waals surface area contributed by atoms with Crippen LogP contribution in [0.25, 0.3) is 0 Å². The van der Waals surface area contributed by atoms with E-state index in [0.717, 1.165) is 19.6 Å². The monoisotopic (exact) mass is 318 g/mol. The van der Waals surface area contributed by atoms with Crippen LogP contribution in [0, 0.1) is 5.92 Å². The highest BCUT2D eigenvalue weighted by molar-refractivity contribution is 9.10. The Bertz CT molecular complexity index is 325. The van der Waals surface area contributed by atoms with Gasteiger partial charge in [-0.15, -0.1) is 11.3 Å². The number of halogens is 1. The molecule has 17 heavy (non-hydrogen) atoms. The fourth-order valence-corrected chi connectivity index (χ4v) is 3.51. The van der Waals surface area contributed by atoms with Crippen LogP contribution in [0.3, 0.4) is 0 Å². The molecule has 1 atom stereocenters. The number of rotatable bonds is 7. The minimum atomic E-state index is 0.593. The highest BCUT2D eigenvalue weighted by Crippen LogP contribution is 2.22. The molecule has 1 aromatic heterocycles. The zero-order valence-electron chi connectivity index (χ0n) is 11.2. The quantitative estimate of drug-likeness (QED) is 0.826. The molecule has 2 nitrogen and oxygen atoms in total. The van der Waals surface area contributed by atoms with Crippen LogP contribution in [0.2, 0.25) is 0 Å². The summed E-state index contributed by atoms with van der Waals surface area (Å²) in [6.45, 7) is 9.89. The predicted octanol–water partition coefficient (Wildman–Crippen LogP) is 3.58. The van der Waals surface area contributed by atoms with Crippen LogP contribution >= 0.6 is 27.3 Å². The third kappa shape index (κ3) is 5.08. The van der Waals surface area contributed by atoms with E-state index >= 15 is 0 Å². The molecular formula is C13H23BrN2S. The maximum atomic E-state index is 3.51. The van der Waals surface area contributed by atoms with Crippen molar-refractivity contribution in [3.63, 3.8) is 0 Å². The van der Waals surface area contributed by atoms with Gasteiger partial charge in [0.15, 0.2) is 0 Å². The maximum Gasteiger partial charge on any atom is 0.0328 e. The van der Waals surface area contributed by atoms with E-state index in [4.69, 9.17) is 0 Å². The molecule has 0 aliphatic carbocycles. The van der Waals surface area contributed by atoms with E-state index in [2.05, 4.69) is 65.4 Å². The largest absolute Gasteiger partial charge is 0.315 e. The molecular weight excluding hydrogens is 296 g/mol. The average Bonchev–Trinajstić information content (AvgIpc) is 2.64. The van der Waals surface area contributed by atoms with Crippen molar-refractivity contribution in [1.82, 2.24) is 10.2 Å². The van der Waals surface area contributed by atoms with Gasteiger partial charge in [-0.25, -0.2) is 0 Å². The maximum absolute atomic E-state index is 3.51. The van der Waals surface area contributed by atoms with Gasteiger partial charge in [0.2, 0.25) is 0 Å². The van der Waals surface area contributed by atoms with E-state index < -0.39 is 0 Å². The van der Waals surface area contributed by atoms with Gasteiger partial charge >= 0.3 is 0 Å². The molecule has 0 radical (unpaired) electrons. The lowest BCUT2D eigenvalue weighted by Gasteiger charge is -2.31. The van der Waals surface area contributed by atoms with E-state index in [1.165, 1.54) is 9.35 Å². The first-order valence-electron chi connectivity index (χ1n) is 6.18. The van der Waals surface area contributed by atoms with Crippen LogP contribution in [0.4, 0.5) is 0 Å². The van der Waals surface area contributed by atoms with Crippen LogP contribution in [0.15, 0.2) is 15.9 Å². The smallest absolute Gasteiger partial charge is 0.0328 e. The van der Waals surface area contributed by atoms with Crippen LogP contribution < -0.4 is 5.32 Å². The molecule has 0 spiro atoms. The van der Waals surface area contributed by atoms with Crippen molar-refractivity contribution >= 4 is 27.3 Å². The summed E-state index contributed by atoms with van der Waals surface area (Å²) in [5.74, 6) is 0.669. The van der Waals surface area contributed by atoms with Crippen molar-refractivity contribution in [3.05, 3.63) is 20.8 Å². The molecule has 0 aliphatic rings. The summed E-state index contributed by atoms with van der Waals surface area (Å²) in [4.78, 5) is 3.87. The molecule has 98 valence electrons. The lowest BCUT2D eigenvalue weighted by molar-refractivity contribution is 0.182. The van der Waals surface area contributed by atoms with Crippen LogP contribution in [0.5, 0.6) is 0 Å². The molecule has 0 aromatic carbocycles. The zero-order valence-corrected chi connectivity index (χ0v) is 13.6. The van der Waals surface area contributed by atoms with Gasteiger partial charge in [-0.05, 0) is 41.5 Å². The van der Waals surface area contributed by atoms with Gasteiger partial charge in [-0.3, -0.25) is 4.90 Å². The average molecular weight is 319 g/mol. The van der Waals surface area contributed by atoms with E-state index in [1.54, 1.807) is 0 Å². The highest BCUT2D eigenvalue weighted by Gasteiger charge is 2.18. The fourth-order valence-electron chi connectivity index (χ4n) is 1.99. The molecule has 1 N–H and O–H groups in total. The van der Waals surface area contributed by atoms with Gasteiger partial charge in [0.25, 0.3) is 0 Å². The Morgan fingerprint density at radius 2 is 2.18 bits per heavy atom. The van der Waals surface area contributed by atoms with Crippen molar-refractivity contribution < 1.29 is 0 Å². The Kier molecular flexibility index (Phi) is 6.70. The lowest BCUT2D eigenvalue weighted by atomic mass is 10.0. The Balaban J connectivity index is 2.55. The molecule has 0 bridgehead atoms. The first-order chi connectivity index (χ1) is 8.04. The molecule has 1 unspecified atom stereocenters. The van der Waals surface area contributed by atoms with Gasteiger partial charge < -0.3 is 5.32 Å². The Hall–Kier alpha value is 0.1000. The molecule has 0 fully saturated rings. The summed E-state index contributed by atoms with van der Waals surface area (Å²) < 4.78 is 1.19. The van der Waals surface area contributed by atoms with Crippen molar-refractivity contribution in [2.24, 2.45) is 5.92 Å². The van der Waals surface area contributed by atoms with Crippen molar-refractivity contribution in [3.8, 4) is 0 Å². The Morgan fingerprint density at radius 3 is 2.65 bits per heavy atom. The van der Waals surface area contributed by atoms with Crippen LogP contribution in [-0.2, 0) is 6.54 Å². The topological polar surface area (TPSA) is 15.3 Å². The molecule has 4 heteroatoms. The number of hydrogen-bond donors (Lipinski definition) is 1. The fraction of sp³-hybridized carbons (Fsp3) is 0.692. The van der Waals surface area contributed by atoms with Gasteiger partial charge in [0.1, 0.15) is 0 Å². The normalized spacial score (nSPS) is 13.6. The van der Waals surface area contributed by atoms with E-state index in [0.29, 0.717) is 12.0 Å². The standard InChI is InChI=1S/C13H23BrN2S/c1-5-15-7-13(10(2)3)16(4)8-12-6-11(14)9-17-12/h6,9-10,13,15H,5,7-8H2,1-4H3. The third-order valence-electron chi connectivity index (χ3n) is 2.97. The summed E-state index contributed by atoms with van der Waals surface area (Å²) in [5.41, 5.74) is 0. The lowest BCUT2D eigenvalue weighted by Crippen LogP contribution is -2.43. The Morgan fingerprint density at radius 1 is 1.47 bits per heavy atom. The number of likely N-dealkylation sites (N-methyl/N-ethyl adjacent to an activating group) is 2. The van der Waals surface area contributed by atoms with Gasteiger partial charge in [0, 0.05) is 33.9 Å². The van der Waals surface area contributed by atoms with Crippen molar-refractivity contribution in [2.75, 3.05) is 20.1 Å². The van der Waals surface area contributed by atoms with Gasteiger partial charge in [-0.1, -0.05) is 20.8 Å². The summed E-state index contributed by atoms with van der Waals surface area (Å²) in [6.07, 6.45) is 0.